The number of carbonyl (C=O) groups is 1. The van der Waals surface area contributed by atoms with E-state index in [-0.39, 0.29) is 5.78 Å². The van der Waals surface area contributed by atoms with E-state index in [0.717, 1.165) is 23.4 Å². The first-order valence-corrected chi connectivity index (χ1v) is 4.11. The second-order valence-electron chi connectivity index (χ2n) is 2.94. The van der Waals surface area contributed by atoms with E-state index in [1.54, 1.807) is 11.6 Å². The Labute approximate surface area is 72.4 Å². The predicted molar refractivity (Wildman–Crippen MR) is 47.3 cm³/mol. The second kappa shape index (κ2) is 3.09. The van der Waals surface area contributed by atoms with E-state index in [1.165, 1.54) is 0 Å². The molecule has 1 aromatic rings. The third-order valence-electron chi connectivity index (χ3n) is 2.03. The molecule has 0 atom stereocenters. The highest BCUT2D eigenvalue weighted by atomic mass is 16.1. The number of Topliss-reactive ketones (excluding diaryl/α,β-unsaturated/α-hetero) is 1. The Bertz CT molecular complexity index is 313. The minimum Gasteiger partial charge on any atom is -0.294 e. The zero-order valence-corrected chi connectivity index (χ0v) is 8.01. The first-order chi connectivity index (χ1) is 5.57. The van der Waals surface area contributed by atoms with Gasteiger partial charge in [-0.05, 0) is 20.3 Å². The molecule has 0 saturated heterocycles. The van der Waals surface area contributed by atoms with Crippen LogP contribution in [0.5, 0.6) is 0 Å². The van der Waals surface area contributed by atoms with Crippen molar-refractivity contribution in [3.63, 3.8) is 0 Å². The van der Waals surface area contributed by atoms with Gasteiger partial charge in [-0.15, -0.1) is 0 Å². The average Bonchev–Trinajstić information content (AvgIpc) is 2.24. The summed E-state index contributed by atoms with van der Waals surface area (Å²) in [4.78, 5) is 11.2. The third kappa shape index (κ3) is 1.26. The number of hydrogen-bond donors (Lipinski definition) is 0. The van der Waals surface area contributed by atoms with Crippen molar-refractivity contribution in [2.45, 2.75) is 27.2 Å². The highest BCUT2D eigenvalue weighted by Gasteiger charge is 2.14. The van der Waals surface area contributed by atoms with E-state index >= 15 is 0 Å². The number of rotatable bonds is 2. The van der Waals surface area contributed by atoms with Crippen LogP contribution in [-0.2, 0) is 13.5 Å². The minimum atomic E-state index is 0.109. The summed E-state index contributed by atoms with van der Waals surface area (Å²) in [7, 11) is 1.87. The zero-order chi connectivity index (χ0) is 9.30. The fourth-order valence-corrected chi connectivity index (χ4v) is 1.57. The van der Waals surface area contributed by atoms with E-state index in [0.29, 0.717) is 0 Å². The SMILES string of the molecule is CCc1c(C(C)=O)c(C)nn1C. The second-order valence-corrected chi connectivity index (χ2v) is 2.94. The largest absolute Gasteiger partial charge is 0.294 e. The Morgan fingerprint density at radius 3 is 2.50 bits per heavy atom. The minimum absolute atomic E-state index is 0.109. The summed E-state index contributed by atoms with van der Waals surface area (Å²) in [5, 5.41) is 4.20. The van der Waals surface area contributed by atoms with Crippen molar-refractivity contribution < 1.29 is 4.79 Å². The summed E-state index contributed by atoms with van der Waals surface area (Å²) in [5.41, 5.74) is 2.65. The average molecular weight is 166 g/mol. The molecule has 1 rings (SSSR count). The van der Waals surface area contributed by atoms with Gasteiger partial charge in [-0.2, -0.15) is 5.10 Å². The van der Waals surface area contributed by atoms with Crippen LogP contribution in [0.2, 0.25) is 0 Å². The zero-order valence-electron chi connectivity index (χ0n) is 8.01. The van der Waals surface area contributed by atoms with Gasteiger partial charge in [-0.3, -0.25) is 9.48 Å². The predicted octanol–water partition coefficient (Wildman–Crippen LogP) is 1.49. The molecule has 0 aliphatic rings. The van der Waals surface area contributed by atoms with Crippen molar-refractivity contribution in [3.8, 4) is 0 Å². The van der Waals surface area contributed by atoms with Gasteiger partial charge in [0, 0.05) is 12.7 Å². The van der Waals surface area contributed by atoms with Crippen LogP contribution in [0, 0.1) is 6.92 Å². The summed E-state index contributed by atoms with van der Waals surface area (Å²) < 4.78 is 1.78. The molecule has 0 unspecified atom stereocenters. The lowest BCUT2D eigenvalue weighted by molar-refractivity contribution is 0.101. The molecule has 0 aliphatic heterocycles. The van der Waals surface area contributed by atoms with Crippen molar-refractivity contribution in [1.82, 2.24) is 9.78 Å². The van der Waals surface area contributed by atoms with Gasteiger partial charge >= 0.3 is 0 Å². The highest BCUT2D eigenvalue weighted by molar-refractivity contribution is 5.96. The van der Waals surface area contributed by atoms with Crippen molar-refractivity contribution in [2.24, 2.45) is 7.05 Å². The number of carbonyl (C=O) groups excluding carboxylic acids is 1. The van der Waals surface area contributed by atoms with Crippen LogP contribution in [0.25, 0.3) is 0 Å². The summed E-state index contributed by atoms with van der Waals surface area (Å²) in [6.07, 6.45) is 0.853. The molecule has 0 amide bonds. The van der Waals surface area contributed by atoms with Crippen LogP contribution < -0.4 is 0 Å². The normalized spacial score (nSPS) is 10.3. The van der Waals surface area contributed by atoms with Crippen molar-refractivity contribution in [3.05, 3.63) is 17.0 Å². The molecule has 3 nitrogen and oxygen atoms in total. The molecular weight excluding hydrogens is 152 g/mol. The van der Waals surface area contributed by atoms with Gasteiger partial charge in [0.25, 0.3) is 0 Å². The third-order valence-corrected chi connectivity index (χ3v) is 2.03. The monoisotopic (exact) mass is 166 g/mol. The van der Waals surface area contributed by atoms with Crippen LogP contribution in [-0.4, -0.2) is 15.6 Å². The molecule has 0 spiro atoms. The number of aromatic nitrogens is 2. The van der Waals surface area contributed by atoms with E-state index < -0.39 is 0 Å². The molecule has 0 aromatic carbocycles. The van der Waals surface area contributed by atoms with Gasteiger partial charge in [0.1, 0.15) is 0 Å². The maximum atomic E-state index is 11.2. The number of aryl methyl sites for hydroxylation is 2. The smallest absolute Gasteiger partial charge is 0.163 e. The van der Waals surface area contributed by atoms with Crippen LogP contribution in [0.15, 0.2) is 0 Å². The molecule has 0 bridgehead atoms. The Morgan fingerprint density at radius 2 is 2.17 bits per heavy atom. The molecule has 0 radical (unpaired) electrons. The molecule has 0 aliphatic carbocycles. The highest BCUT2D eigenvalue weighted by Crippen LogP contribution is 2.13. The fraction of sp³-hybridized carbons (Fsp3) is 0.556. The van der Waals surface area contributed by atoms with Crippen molar-refractivity contribution >= 4 is 5.78 Å². The summed E-state index contributed by atoms with van der Waals surface area (Å²) >= 11 is 0. The lowest BCUT2D eigenvalue weighted by Crippen LogP contribution is -2.01. The lowest BCUT2D eigenvalue weighted by atomic mass is 10.1. The first kappa shape index (κ1) is 8.97. The maximum Gasteiger partial charge on any atom is 0.163 e. The molecule has 1 heterocycles. The van der Waals surface area contributed by atoms with Crippen LogP contribution in [0.1, 0.15) is 35.6 Å². The van der Waals surface area contributed by atoms with E-state index in [2.05, 4.69) is 5.10 Å². The van der Waals surface area contributed by atoms with Crippen LogP contribution in [0.3, 0.4) is 0 Å². The molecule has 0 N–H and O–H groups in total. The number of ketones is 1. The van der Waals surface area contributed by atoms with E-state index in [4.69, 9.17) is 0 Å². The van der Waals surface area contributed by atoms with E-state index in [9.17, 15) is 4.79 Å². The van der Waals surface area contributed by atoms with Gasteiger partial charge in [0.2, 0.25) is 0 Å². The maximum absolute atomic E-state index is 11.2. The summed E-state index contributed by atoms with van der Waals surface area (Å²) in [5.74, 6) is 0.109. The number of hydrogen-bond acceptors (Lipinski definition) is 2. The Kier molecular flexibility index (Phi) is 2.31. The van der Waals surface area contributed by atoms with Gasteiger partial charge in [0.15, 0.2) is 5.78 Å². The number of nitrogens with zero attached hydrogens (tertiary/aromatic N) is 2. The summed E-state index contributed by atoms with van der Waals surface area (Å²) in [6.45, 7) is 5.49. The van der Waals surface area contributed by atoms with Crippen LogP contribution in [0.4, 0.5) is 0 Å². The first-order valence-electron chi connectivity index (χ1n) is 4.11. The quantitative estimate of drug-likeness (QED) is 0.624. The van der Waals surface area contributed by atoms with Crippen molar-refractivity contribution in [2.75, 3.05) is 0 Å². The Hall–Kier alpha value is -1.12. The molecule has 0 fully saturated rings. The standard InChI is InChI=1S/C9H14N2O/c1-5-8-9(7(3)12)6(2)10-11(8)4/h5H2,1-4H3. The van der Waals surface area contributed by atoms with Gasteiger partial charge < -0.3 is 0 Å². The summed E-state index contributed by atoms with van der Waals surface area (Å²) in [6, 6.07) is 0. The molecule has 3 heteroatoms. The molecule has 66 valence electrons. The van der Waals surface area contributed by atoms with E-state index in [1.807, 2.05) is 20.9 Å². The van der Waals surface area contributed by atoms with Crippen LogP contribution >= 0.6 is 0 Å². The van der Waals surface area contributed by atoms with Gasteiger partial charge in [0.05, 0.1) is 11.3 Å². The fourth-order valence-electron chi connectivity index (χ4n) is 1.57. The lowest BCUT2D eigenvalue weighted by Gasteiger charge is -1.98. The molecule has 1 aromatic heterocycles. The van der Waals surface area contributed by atoms with Gasteiger partial charge in [-0.25, -0.2) is 0 Å². The Balaban J connectivity index is 3.32. The molecule has 12 heavy (non-hydrogen) atoms. The topological polar surface area (TPSA) is 34.9 Å². The molecule has 0 saturated carbocycles. The van der Waals surface area contributed by atoms with Crippen molar-refractivity contribution in [1.29, 1.82) is 0 Å². The van der Waals surface area contributed by atoms with Gasteiger partial charge in [-0.1, -0.05) is 6.92 Å². The Morgan fingerprint density at radius 1 is 1.58 bits per heavy atom. The molecular formula is C9H14N2O.